The summed E-state index contributed by atoms with van der Waals surface area (Å²) in [4.78, 5) is 37.7. The zero-order valence-corrected chi connectivity index (χ0v) is 13.8. The van der Waals surface area contributed by atoms with E-state index in [9.17, 15) is 14.4 Å². The third kappa shape index (κ3) is 2.59. The summed E-state index contributed by atoms with van der Waals surface area (Å²) in [6, 6.07) is 6.84. The van der Waals surface area contributed by atoms with Crippen molar-refractivity contribution in [3.63, 3.8) is 0 Å². The molecule has 1 fully saturated rings. The molecule has 7 heteroatoms. The fourth-order valence-electron chi connectivity index (χ4n) is 2.68. The van der Waals surface area contributed by atoms with Crippen LogP contribution in [0.2, 0.25) is 0 Å². The monoisotopic (exact) mass is 381 g/mol. The van der Waals surface area contributed by atoms with E-state index in [1.807, 2.05) is 0 Å². The number of carbonyl (C=O) groups excluding carboxylic acids is 2. The Hall–Kier alpha value is -1.60. The molecule has 1 N–H and O–H groups in total. The largest absolute Gasteiger partial charge is 0.481 e. The van der Waals surface area contributed by atoms with Gasteiger partial charge in [-0.25, -0.2) is 0 Å². The Kier molecular flexibility index (Phi) is 4.10. The molecule has 1 aromatic rings. The number of benzene rings is 1. The molecule has 2 aliphatic heterocycles. The number of halogens is 1. The van der Waals surface area contributed by atoms with Crippen LogP contribution in [-0.4, -0.2) is 40.0 Å². The maximum absolute atomic E-state index is 12.8. The maximum atomic E-state index is 12.8. The van der Waals surface area contributed by atoms with Gasteiger partial charge in [0.1, 0.15) is 0 Å². The van der Waals surface area contributed by atoms with Crippen LogP contribution >= 0.6 is 27.7 Å². The number of aliphatic carboxylic acids is 1. The van der Waals surface area contributed by atoms with Gasteiger partial charge in [-0.1, -0.05) is 15.9 Å². The lowest BCUT2D eigenvalue weighted by atomic mass is 9.91. The quantitative estimate of drug-likeness (QED) is 0.811. The summed E-state index contributed by atoms with van der Waals surface area (Å²) in [5.74, 6) is -1.76. The van der Waals surface area contributed by atoms with Crippen molar-refractivity contribution in [1.29, 1.82) is 0 Å². The Bertz CT molecular complexity index is 698. The number of Topliss-reactive ketones (excluding diaryl/α,β-unsaturated/α-hetero) is 1. The number of fused-ring (bicyclic) bond motifs is 1. The van der Waals surface area contributed by atoms with Crippen LogP contribution in [0.4, 0.5) is 0 Å². The Morgan fingerprint density at radius 1 is 1.32 bits per heavy atom. The molecule has 1 unspecified atom stereocenters. The lowest BCUT2D eigenvalue weighted by molar-refractivity contribution is -0.141. The highest BCUT2D eigenvalue weighted by Crippen LogP contribution is 2.43. The summed E-state index contributed by atoms with van der Waals surface area (Å²) in [7, 11) is 0. The van der Waals surface area contributed by atoms with Crippen molar-refractivity contribution in [3.05, 3.63) is 44.9 Å². The second kappa shape index (κ2) is 5.89. The molecule has 0 bridgehead atoms. The van der Waals surface area contributed by atoms with Crippen LogP contribution in [0.25, 0.3) is 0 Å². The van der Waals surface area contributed by atoms with Gasteiger partial charge < -0.3 is 10.0 Å². The summed E-state index contributed by atoms with van der Waals surface area (Å²) >= 11 is 4.75. The van der Waals surface area contributed by atoms with E-state index in [2.05, 4.69) is 15.9 Å². The Morgan fingerprint density at radius 2 is 2.00 bits per heavy atom. The first-order valence-corrected chi connectivity index (χ1v) is 8.47. The minimum absolute atomic E-state index is 0.265. The van der Waals surface area contributed by atoms with Crippen LogP contribution in [0.3, 0.4) is 0 Å². The van der Waals surface area contributed by atoms with Crippen LogP contribution in [0.15, 0.2) is 39.3 Å². The highest BCUT2D eigenvalue weighted by Gasteiger charge is 2.45. The second-order valence-electron chi connectivity index (χ2n) is 5.04. The van der Waals surface area contributed by atoms with E-state index in [1.54, 1.807) is 29.2 Å². The third-order valence-corrected chi connectivity index (χ3v) is 5.30. The van der Waals surface area contributed by atoms with E-state index in [0.29, 0.717) is 22.7 Å². The van der Waals surface area contributed by atoms with Crippen molar-refractivity contribution in [2.45, 2.75) is 6.42 Å². The van der Waals surface area contributed by atoms with Crippen molar-refractivity contribution >= 4 is 45.4 Å². The molecular weight excluding hydrogens is 370 g/mol. The molecule has 114 valence electrons. The lowest BCUT2D eigenvalue weighted by Gasteiger charge is -2.12. The molecular formula is C15H12BrNO4S. The zero-order valence-electron chi connectivity index (χ0n) is 11.4. The number of hydrogen-bond acceptors (Lipinski definition) is 4. The van der Waals surface area contributed by atoms with E-state index in [-0.39, 0.29) is 18.1 Å². The predicted octanol–water partition coefficient (Wildman–Crippen LogP) is 2.52. The number of hydrogen-bond donors (Lipinski definition) is 1. The number of carboxylic acids is 1. The predicted molar refractivity (Wildman–Crippen MR) is 85.4 cm³/mol. The molecule has 5 nitrogen and oxygen atoms in total. The van der Waals surface area contributed by atoms with Gasteiger partial charge in [-0.3, -0.25) is 14.4 Å². The van der Waals surface area contributed by atoms with Crippen LogP contribution in [0.5, 0.6) is 0 Å². The first-order chi connectivity index (χ1) is 10.5. The topological polar surface area (TPSA) is 74.7 Å². The van der Waals surface area contributed by atoms with E-state index in [0.717, 1.165) is 10.2 Å². The average Bonchev–Trinajstić information content (AvgIpc) is 3.03. The molecule has 22 heavy (non-hydrogen) atoms. The molecule has 1 saturated heterocycles. The fraction of sp³-hybridized carbons (Fsp3) is 0.267. The Morgan fingerprint density at radius 3 is 2.64 bits per heavy atom. The number of carboxylic acid groups (broad SMARTS) is 1. The van der Waals surface area contributed by atoms with E-state index >= 15 is 0 Å². The van der Waals surface area contributed by atoms with Crippen LogP contribution in [0.1, 0.15) is 16.8 Å². The maximum Gasteiger partial charge on any atom is 0.304 e. The molecule has 1 amide bonds. The van der Waals surface area contributed by atoms with Gasteiger partial charge in [0.2, 0.25) is 5.91 Å². The third-order valence-electron chi connectivity index (χ3n) is 3.67. The van der Waals surface area contributed by atoms with Gasteiger partial charge in [0.05, 0.1) is 17.4 Å². The second-order valence-corrected chi connectivity index (χ2v) is 7.04. The molecule has 0 aromatic heterocycles. The molecule has 1 aromatic carbocycles. The highest BCUT2D eigenvalue weighted by atomic mass is 79.9. The number of carbonyl (C=O) groups is 3. The molecule has 3 rings (SSSR count). The first-order valence-electron chi connectivity index (χ1n) is 6.69. The van der Waals surface area contributed by atoms with Gasteiger partial charge in [-0.15, -0.1) is 11.8 Å². The van der Waals surface area contributed by atoms with Crippen molar-refractivity contribution in [2.75, 3.05) is 12.3 Å². The van der Waals surface area contributed by atoms with Gasteiger partial charge in [0.25, 0.3) is 0 Å². The SMILES string of the molecule is O=C(O)CC1C(=O)N2CCSC2=C1C(=O)c1ccc(Br)cc1. The molecule has 2 heterocycles. The summed E-state index contributed by atoms with van der Waals surface area (Å²) < 4.78 is 0.850. The molecule has 0 spiro atoms. The first kappa shape index (κ1) is 15.3. The zero-order chi connectivity index (χ0) is 15.9. The Balaban J connectivity index is 2.02. The summed E-state index contributed by atoms with van der Waals surface area (Å²) in [5, 5.41) is 9.67. The normalized spacial score (nSPS) is 20.5. The van der Waals surface area contributed by atoms with Crippen molar-refractivity contribution in [1.82, 2.24) is 4.90 Å². The van der Waals surface area contributed by atoms with Crippen molar-refractivity contribution < 1.29 is 19.5 Å². The number of thioether (sulfide) groups is 1. The van der Waals surface area contributed by atoms with Gasteiger partial charge in [-0.05, 0) is 24.3 Å². The number of nitrogens with zero attached hydrogens (tertiary/aromatic N) is 1. The van der Waals surface area contributed by atoms with E-state index in [4.69, 9.17) is 5.11 Å². The standard InChI is InChI=1S/C15H12BrNO4S/c16-9-3-1-8(2-4-9)13(20)12-10(7-11(18)19)14(21)17-5-6-22-15(12)17/h1-4,10H,5-7H2,(H,18,19). The van der Waals surface area contributed by atoms with Crippen LogP contribution < -0.4 is 0 Å². The smallest absolute Gasteiger partial charge is 0.304 e. The lowest BCUT2D eigenvalue weighted by Crippen LogP contribution is -2.29. The molecule has 0 aliphatic carbocycles. The van der Waals surface area contributed by atoms with Gasteiger partial charge in [0.15, 0.2) is 5.78 Å². The fourth-order valence-corrected chi connectivity index (χ4v) is 4.14. The van der Waals surface area contributed by atoms with Crippen molar-refractivity contribution in [3.8, 4) is 0 Å². The van der Waals surface area contributed by atoms with Gasteiger partial charge >= 0.3 is 5.97 Å². The molecule has 0 radical (unpaired) electrons. The molecule has 0 saturated carbocycles. The van der Waals surface area contributed by atoms with Crippen molar-refractivity contribution in [2.24, 2.45) is 5.92 Å². The van der Waals surface area contributed by atoms with E-state index in [1.165, 1.54) is 11.8 Å². The van der Waals surface area contributed by atoms with Crippen LogP contribution in [0, 0.1) is 5.92 Å². The summed E-state index contributed by atoms with van der Waals surface area (Å²) in [5.41, 5.74) is 0.792. The summed E-state index contributed by atoms with van der Waals surface area (Å²) in [6.07, 6.45) is -0.350. The number of amides is 1. The minimum Gasteiger partial charge on any atom is -0.481 e. The Labute approximate surface area is 139 Å². The van der Waals surface area contributed by atoms with Gasteiger partial charge in [-0.2, -0.15) is 0 Å². The van der Waals surface area contributed by atoms with Crippen LogP contribution in [-0.2, 0) is 9.59 Å². The minimum atomic E-state index is -1.08. The number of rotatable bonds is 4. The van der Waals surface area contributed by atoms with E-state index < -0.39 is 11.9 Å². The summed E-state index contributed by atoms with van der Waals surface area (Å²) in [6.45, 7) is 0.534. The highest BCUT2D eigenvalue weighted by molar-refractivity contribution is 9.10. The average molecular weight is 382 g/mol. The molecule has 1 atom stereocenters. The molecule has 2 aliphatic rings. The van der Waals surface area contributed by atoms with Gasteiger partial charge in [0, 0.05) is 27.9 Å². The number of ketones is 1.